The zero-order chi connectivity index (χ0) is 30.8. The molecular formula is C31H30F2N8O3. The lowest BCUT2D eigenvalue weighted by Gasteiger charge is -2.35. The van der Waals surface area contributed by atoms with Gasteiger partial charge in [0, 0.05) is 63.1 Å². The molecule has 1 N–H and O–H groups in total. The summed E-state index contributed by atoms with van der Waals surface area (Å²) < 4.78 is 40.8. The number of rotatable bonds is 9. The molecule has 3 aromatic heterocycles. The zero-order valence-corrected chi connectivity index (χ0v) is 24.2. The highest BCUT2D eigenvalue weighted by atomic mass is 19.3. The van der Waals surface area contributed by atoms with Gasteiger partial charge in [-0.1, -0.05) is 18.7 Å². The summed E-state index contributed by atoms with van der Waals surface area (Å²) in [7, 11) is 3.75. The number of hydrogen-bond donors (Lipinski definition) is 1. The van der Waals surface area contributed by atoms with Gasteiger partial charge in [-0.3, -0.25) is 9.48 Å². The van der Waals surface area contributed by atoms with E-state index in [1.807, 2.05) is 18.2 Å². The van der Waals surface area contributed by atoms with Gasteiger partial charge in [-0.15, -0.1) is 0 Å². The number of alkyl halides is 2. The van der Waals surface area contributed by atoms with Crippen LogP contribution in [0.15, 0.2) is 79.9 Å². The number of nitrogens with one attached hydrogen (secondary N) is 1. The minimum atomic E-state index is -3.08. The van der Waals surface area contributed by atoms with E-state index in [2.05, 4.69) is 43.9 Å². The molecule has 2 aromatic carbocycles. The molecule has 44 heavy (non-hydrogen) atoms. The normalized spacial score (nSPS) is 13.8. The summed E-state index contributed by atoms with van der Waals surface area (Å²) in [6.45, 7) is 4.89. The van der Waals surface area contributed by atoms with Crippen molar-refractivity contribution in [3.8, 4) is 28.5 Å². The molecule has 5 aromatic rings. The highest BCUT2D eigenvalue weighted by Crippen LogP contribution is 2.39. The van der Waals surface area contributed by atoms with Gasteiger partial charge in [-0.25, -0.2) is 9.50 Å². The van der Waals surface area contributed by atoms with Gasteiger partial charge in [0.2, 0.25) is 0 Å². The highest BCUT2D eigenvalue weighted by molar-refractivity contribution is 6.09. The second-order valence-electron chi connectivity index (χ2n) is 10.4. The summed E-state index contributed by atoms with van der Waals surface area (Å²) in [5.74, 6) is 0.283. The van der Waals surface area contributed by atoms with E-state index >= 15 is 0 Å². The molecule has 226 valence electrons. The molecule has 0 saturated carbocycles. The number of anilines is 1. The number of nitrogens with zero attached hydrogens (tertiary/aromatic N) is 7. The van der Waals surface area contributed by atoms with Crippen LogP contribution in [0.1, 0.15) is 15.9 Å². The van der Waals surface area contributed by atoms with E-state index in [1.54, 1.807) is 43.8 Å². The van der Waals surface area contributed by atoms with Crippen LogP contribution in [0, 0.1) is 0 Å². The van der Waals surface area contributed by atoms with E-state index in [0.29, 0.717) is 17.1 Å². The van der Waals surface area contributed by atoms with Gasteiger partial charge in [0.15, 0.2) is 5.65 Å². The first-order valence-corrected chi connectivity index (χ1v) is 13.9. The van der Waals surface area contributed by atoms with E-state index in [4.69, 9.17) is 9.47 Å². The monoisotopic (exact) mass is 600 g/mol. The second kappa shape index (κ2) is 12.1. The zero-order valence-electron chi connectivity index (χ0n) is 24.2. The minimum absolute atomic E-state index is 0.128. The number of amides is 1. The number of aromatic nitrogens is 5. The van der Waals surface area contributed by atoms with Crippen LogP contribution in [-0.4, -0.2) is 79.9 Å². The Labute approximate surface area is 251 Å². The standard InChI is InChI=1S/C31H30F2N8O3/c1-20(40-14-12-38(2)13-15-40)21-6-4-7-22(16-21)43-23-8-9-27(44-31(32)33)24(17-23)28-26(19-39(3)37-28)36-30(42)25-18-35-41-11-5-10-34-29(25)41/h4-11,16-19,31H,1,12-15H2,2-3H3,(H,36,42). The van der Waals surface area contributed by atoms with Crippen molar-refractivity contribution in [2.24, 2.45) is 7.05 Å². The number of aryl methyl sites for hydroxylation is 1. The van der Waals surface area contributed by atoms with Crippen LogP contribution >= 0.6 is 0 Å². The Morgan fingerprint density at radius 3 is 2.64 bits per heavy atom. The fourth-order valence-electron chi connectivity index (χ4n) is 5.05. The predicted octanol–water partition coefficient (Wildman–Crippen LogP) is 4.99. The summed E-state index contributed by atoms with van der Waals surface area (Å²) >= 11 is 0. The Kier molecular flexibility index (Phi) is 7.94. The number of fused-ring (bicyclic) bond motifs is 1. The minimum Gasteiger partial charge on any atom is -0.457 e. The Balaban J connectivity index is 1.29. The molecule has 0 atom stereocenters. The molecule has 1 aliphatic heterocycles. The van der Waals surface area contributed by atoms with Gasteiger partial charge in [0.05, 0.1) is 17.4 Å². The molecule has 0 aliphatic carbocycles. The Morgan fingerprint density at radius 2 is 1.84 bits per heavy atom. The summed E-state index contributed by atoms with van der Waals surface area (Å²) in [6, 6.07) is 13.7. The largest absolute Gasteiger partial charge is 0.457 e. The number of carbonyl (C=O) groups is 1. The Bertz CT molecular complexity index is 1830. The molecular weight excluding hydrogens is 570 g/mol. The van der Waals surface area contributed by atoms with Crippen molar-refractivity contribution < 1.29 is 23.0 Å². The fourth-order valence-corrected chi connectivity index (χ4v) is 5.05. The first-order chi connectivity index (χ1) is 21.2. The van der Waals surface area contributed by atoms with Crippen LogP contribution in [0.3, 0.4) is 0 Å². The molecule has 0 spiro atoms. The van der Waals surface area contributed by atoms with Crippen molar-refractivity contribution in [3.05, 3.63) is 91.0 Å². The quantitative estimate of drug-likeness (QED) is 0.253. The number of benzene rings is 2. The molecule has 0 unspecified atom stereocenters. The van der Waals surface area contributed by atoms with Gasteiger partial charge in [0.25, 0.3) is 5.91 Å². The first-order valence-electron chi connectivity index (χ1n) is 13.9. The summed E-state index contributed by atoms with van der Waals surface area (Å²) in [5, 5.41) is 11.4. The SMILES string of the molecule is C=C(c1cccc(Oc2ccc(OC(F)F)c(-c3nn(C)cc3NC(=O)c3cnn4cccnc34)c2)c1)N1CCN(C)CC1. The maximum atomic E-state index is 13.4. The smallest absolute Gasteiger partial charge is 0.387 e. The molecule has 13 heteroatoms. The Hall–Kier alpha value is -5.30. The van der Waals surface area contributed by atoms with Crippen molar-refractivity contribution in [2.45, 2.75) is 6.61 Å². The van der Waals surface area contributed by atoms with Gasteiger partial charge in [-0.2, -0.15) is 19.0 Å². The number of piperazine rings is 1. The average Bonchev–Trinajstić information content (AvgIpc) is 3.61. The van der Waals surface area contributed by atoms with Crippen LogP contribution < -0.4 is 14.8 Å². The van der Waals surface area contributed by atoms with Gasteiger partial charge >= 0.3 is 6.61 Å². The summed E-state index contributed by atoms with van der Waals surface area (Å²) in [6.07, 6.45) is 6.20. The molecule has 4 heterocycles. The molecule has 1 fully saturated rings. The fraction of sp³-hybridized carbons (Fsp3) is 0.226. The van der Waals surface area contributed by atoms with E-state index < -0.39 is 12.5 Å². The van der Waals surface area contributed by atoms with Crippen molar-refractivity contribution in [3.63, 3.8) is 0 Å². The van der Waals surface area contributed by atoms with Crippen LogP contribution in [0.4, 0.5) is 14.5 Å². The molecule has 0 bridgehead atoms. The number of ether oxygens (including phenoxy) is 2. The molecule has 6 rings (SSSR count). The van der Waals surface area contributed by atoms with Crippen LogP contribution in [-0.2, 0) is 7.05 Å². The third-order valence-electron chi connectivity index (χ3n) is 7.31. The van der Waals surface area contributed by atoms with E-state index in [-0.39, 0.29) is 28.3 Å². The van der Waals surface area contributed by atoms with Gasteiger partial charge in [0.1, 0.15) is 28.5 Å². The number of likely N-dealkylation sites (N-methyl/N-ethyl adjacent to an activating group) is 1. The summed E-state index contributed by atoms with van der Waals surface area (Å²) in [5.41, 5.74) is 3.11. The average molecular weight is 601 g/mol. The third-order valence-corrected chi connectivity index (χ3v) is 7.31. The van der Waals surface area contributed by atoms with Crippen LogP contribution in [0.2, 0.25) is 0 Å². The van der Waals surface area contributed by atoms with E-state index in [1.165, 1.54) is 27.5 Å². The number of halogens is 2. The Morgan fingerprint density at radius 1 is 1.05 bits per heavy atom. The van der Waals surface area contributed by atoms with Crippen molar-refractivity contribution in [2.75, 3.05) is 38.5 Å². The van der Waals surface area contributed by atoms with Crippen LogP contribution in [0.25, 0.3) is 22.6 Å². The molecule has 1 amide bonds. The van der Waals surface area contributed by atoms with Crippen molar-refractivity contribution >= 4 is 22.9 Å². The molecule has 1 saturated heterocycles. The van der Waals surface area contributed by atoms with Crippen LogP contribution in [0.5, 0.6) is 17.2 Å². The highest BCUT2D eigenvalue weighted by Gasteiger charge is 2.22. The maximum Gasteiger partial charge on any atom is 0.387 e. The van der Waals surface area contributed by atoms with Crippen molar-refractivity contribution in [1.29, 1.82) is 0 Å². The lowest BCUT2D eigenvalue weighted by Crippen LogP contribution is -2.43. The number of hydrogen-bond acceptors (Lipinski definition) is 8. The number of carbonyl (C=O) groups excluding carboxylic acids is 1. The van der Waals surface area contributed by atoms with Gasteiger partial charge < -0.3 is 24.6 Å². The maximum absolute atomic E-state index is 13.4. The van der Waals surface area contributed by atoms with Crippen molar-refractivity contribution in [1.82, 2.24) is 34.2 Å². The third kappa shape index (κ3) is 6.08. The lowest BCUT2D eigenvalue weighted by molar-refractivity contribution is -0.0494. The van der Waals surface area contributed by atoms with E-state index in [0.717, 1.165) is 37.4 Å². The first kappa shape index (κ1) is 28.8. The lowest BCUT2D eigenvalue weighted by atomic mass is 10.1. The molecule has 0 radical (unpaired) electrons. The predicted molar refractivity (Wildman–Crippen MR) is 161 cm³/mol. The molecule has 1 aliphatic rings. The topological polar surface area (TPSA) is 102 Å². The molecule has 11 nitrogen and oxygen atoms in total. The van der Waals surface area contributed by atoms with E-state index in [9.17, 15) is 13.6 Å². The van der Waals surface area contributed by atoms with Gasteiger partial charge in [-0.05, 0) is 43.4 Å². The second-order valence-corrected chi connectivity index (χ2v) is 10.4. The summed E-state index contributed by atoms with van der Waals surface area (Å²) in [4.78, 5) is 22.0.